The van der Waals surface area contributed by atoms with Crippen molar-refractivity contribution < 1.29 is 19.1 Å². The van der Waals surface area contributed by atoms with Gasteiger partial charge in [-0.1, -0.05) is 35.9 Å². The number of esters is 1. The summed E-state index contributed by atoms with van der Waals surface area (Å²) in [6.45, 7) is 5.68. The first-order valence-corrected chi connectivity index (χ1v) is 10.00. The molecule has 2 aromatic carbocycles. The van der Waals surface area contributed by atoms with Crippen molar-refractivity contribution in [3.63, 3.8) is 0 Å². The fourth-order valence-electron chi connectivity index (χ4n) is 3.10. The molecule has 0 aliphatic carbocycles. The standard InChI is InChI=1S/C22H25ClN2O4/c1-16(18-6-8-20(23)9-7-18)24-21(26)15-29-22(27)19-4-2-17(3-5-19)14-25-10-12-28-13-11-25/h2-9,16H,10-15H2,1H3,(H,24,26)/t16-/m1/s1. The summed E-state index contributed by atoms with van der Waals surface area (Å²) in [4.78, 5) is 26.6. The molecule has 1 saturated heterocycles. The lowest BCUT2D eigenvalue weighted by molar-refractivity contribution is -0.124. The summed E-state index contributed by atoms with van der Waals surface area (Å²) in [5.74, 6) is -0.873. The van der Waals surface area contributed by atoms with Gasteiger partial charge in [-0.3, -0.25) is 9.69 Å². The molecule has 0 unspecified atom stereocenters. The Morgan fingerprint density at radius 3 is 2.41 bits per heavy atom. The smallest absolute Gasteiger partial charge is 0.338 e. The number of ether oxygens (including phenoxy) is 2. The van der Waals surface area contributed by atoms with Crippen LogP contribution in [0.1, 0.15) is 34.5 Å². The molecule has 6 nitrogen and oxygen atoms in total. The highest BCUT2D eigenvalue weighted by molar-refractivity contribution is 6.30. The molecule has 154 valence electrons. The number of hydrogen-bond acceptors (Lipinski definition) is 5. The van der Waals surface area contributed by atoms with Crippen LogP contribution in [-0.4, -0.2) is 49.7 Å². The molecule has 1 N–H and O–H groups in total. The van der Waals surface area contributed by atoms with Crippen LogP contribution in [0.15, 0.2) is 48.5 Å². The van der Waals surface area contributed by atoms with Crippen LogP contribution in [0.5, 0.6) is 0 Å². The number of carbonyl (C=O) groups excluding carboxylic acids is 2. The second kappa shape index (κ2) is 10.4. The van der Waals surface area contributed by atoms with Crippen molar-refractivity contribution in [3.05, 3.63) is 70.2 Å². The SMILES string of the molecule is C[C@@H](NC(=O)COC(=O)c1ccc(CN2CCOCC2)cc1)c1ccc(Cl)cc1. The molecule has 1 atom stereocenters. The maximum Gasteiger partial charge on any atom is 0.338 e. The molecule has 1 heterocycles. The topological polar surface area (TPSA) is 67.9 Å². The summed E-state index contributed by atoms with van der Waals surface area (Å²) in [7, 11) is 0. The fourth-order valence-corrected chi connectivity index (χ4v) is 3.22. The summed E-state index contributed by atoms with van der Waals surface area (Å²) in [5.41, 5.74) is 2.47. The molecule has 1 aliphatic heterocycles. The molecule has 3 rings (SSSR count). The molecule has 1 fully saturated rings. The summed E-state index contributed by atoms with van der Waals surface area (Å²) in [6, 6.07) is 14.3. The van der Waals surface area contributed by atoms with Gasteiger partial charge in [-0.25, -0.2) is 4.79 Å². The number of benzene rings is 2. The molecule has 2 aromatic rings. The molecule has 0 bridgehead atoms. The van der Waals surface area contributed by atoms with Crippen LogP contribution in [0.4, 0.5) is 0 Å². The number of nitrogens with one attached hydrogen (secondary N) is 1. The van der Waals surface area contributed by atoms with Crippen LogP contribution in [0.3, 0.4) is 0 Å². The molecular weight excluding hydrogens is 392 g/mol. The first-order chi connectivity index (χ1) is 14.0. The number of carbonyl (C=O) groups is 2. The second-order valence-electron chi connectivity index (χ2n) is 7.00. The van der Waals surface area contributed by atoms with Crippen LogP contribution in [-0.2, 0) is 20.8 Å². The molecule has 0 radical (unpaired) electrons. The average Bonchev–Trinajstić information content (AvgIpc) is 2.74. The van der Waals surface area contributed by atoms with Crippen LogP contribution in [0.2, 0.25) is 5.02 Å². The highest BCUT2D eigenvalue weighted by atomic mass is 35.5. The molecule has 7 heteroatoms. The van der Waals surface area contributed by atoms with Gasteiger partial charge in [0, 0.05) is 24.7 Å². The monoisotopic (exact) mass is 416 g/mol. The first kappa shape index (κ1) is 21.3. The molecule has 0 saturated carbocycles. The summed E-state index contributed by atoms with van der Waals surface area (Å²) < 4.78 is 10.5. The average molecular weight is 417 g/mol. The van der Waals surface area contributed by atoms with Gasteiger partial charge in [0.05, 0.1) is 24.8 Å². The predicted molar refractivity (Wildman–Crippen MR) is 111 cm³/mol. The Hall–Kier alpha value is -2.41. The third kappa shape index (κ3) is 6.56. The summed E-state index contributed by atoms with van der Waals surface area (Å²) in [6.07, 6.45) is 0. The third-order valence-electron chi connectivity index (χ3n) is 4.78. The molecular formula is C22H25ClN2O4. The molecule has 0 spiro atoms. The Labute approximate surface area is 175 Å². The molecule has 29 heavy (non-hydrogen) atoms. The zero-order valence-corrected chi connectivity index (χ0v) is 17.2. The van der Waals surface area contributed by atoms with Gasteiger partial charge in [0.1, 0.15) is 0 Å². The molecule has 1 amide bonds. The minimum Gasteiger partial charge on any atom is -0.452 e. The number of halogens is 1. The third-order valence-corrected chi connectivity index (χ3v) is 5.03. The Morgan fingerprint density at radius 1 is 1.10 bits per heavy atom. The van der Waals surface area contributed by atoms with E-state index in [4.69, 9.17) is 21.1 Å². The van der Waals surface area contributed by atoms with Crippen LogP contribution < -0.4 is 5.32 Å². The van der Waals surface area contributed by atoms with Gasteiger partial charge in [-0.05, 0) is 42.3 Å². The second-order valence-corrected chi connectivity index (χ2v) is 7.44. The largest absolute Gasteiger partial charge is 0.452 e. The zero-order chi connectivity index (χ0) is 20.6. The number of amides is 1. The first-order valence-electron chi connectivity index (χ1n) is 9.62. The van der Waals surface area contributed by atoms with Gasteiger partial charge in [0.25, 0.3) is 5.91 Å². The molecule has 1 aliphatic rings. The van der Waals surface area contributed by atoms with Crippen molar-refractivity contribution in [2.24, 2.45) is 0 Å². The van der Waals surface area contributed by atoms with Crippen molar-refractivity contribution >= 4 is 23.5 Å². The Morgan fingerprint density at radius 2 is 1.76 bits per heavy atom. The van der Waals surface area contributed by atoms with Gasteiger partial charge in [0.15, 0.2) is 6.61 Å². The van der Waals surface area contributed by atoms with E-state index in [2.05, 4.69) is 10.2 Å². The van der Waals surface area contributed by atoms with Gasteiger partial charge in [0.2, 0.25) is 0 Å². The maximum absolute atomic E-state index is 12.2. The lowest BCUT2D eigenvalue weighted by Crippen LogP contribution is -2.35. The van der Waals surface area contributed by atoms with E-state index < -0.39 is 5.97 Å². The Bertz CT molecular complexity index is 818. The van der Waals surface area contributed by atoms with E-state index in [0.29, 0.717) is 10.6 Å². The number of hydrogen-bond donors (Lipinski definition) is 1. The van der Waals surface area contributed by atoms with Crippen LogP contribution in [0.25, 0.3) is 0 Å². The van der Waals surface area contributed by atoms with E-state index in [1.807, 2.05) is 31.2 Å². The highest BCUT2D eigenvalue weighted by Gasteiger charge is 2.14. The van der Waals surface area contributed by atoms with Crippen molar-refractivity contribution in [1.82, 2.24) is 10.2 Å². The number of rotatable bonds is 7. The fraction of sp³-hybridized carbons (Fsp3) is 0.364. The minimum atomic E-state index is -0.516. The Balaban J connectivity index is 1.44. The predicted octanol–water partition coefficient (Wildman–Crippen LogP) is 3.21. The summed E-state index contributed by atoms with van der Waals surface area (Å²) in [5, 5.41) is 3.44. The van der Waals surface area contributed by atoms with Crippen LogP contribution in [0, 0.1) is 0 Å². The lowest BCUT2D eigenvalue weighted by Gasteiger charge is -2.26. The van der Waals surface area contributed by atoms with Crippen molar-refractivity contribution in [3.8, 4) is 0 Å². The number of nitrogens with zero attached hydrogens (tertiary/aromatic N) is 1. The minimum absolute atomic E-state index is 0.210. The van der Waals surface area contributed by atoms with Gasteiger partial charge in [-0.15, -0.1) is 0 Å². The van der Waals surface area contributed by atoms with Gasteiger partial charge < -0.3 is 14.8 Å². The van der Waals surface area contributed by atoms with Gasteiger partial charge >= 0.3 is 5.97 Å². The van der Waals surface area contributed by atoms with Crippen molar-refractivity contribution in [1.29, 1.82) is 0 Å². The lowest BCUT2D eigenvalue weighted by atomic mass is 10.1. The van der Waals surface area contributed by atoms with E-state index in [1.165, 1.54) is 0 Å². The van der Waals surface area contributed by atoms with Crippen molar-refractivity contribution in [2.45, 2.75) is 19.5 Å². The highest BCUT2D eigenvalue weighted by Crippen LogP contribution is 2.16. The maximum atomic E-state index is 12.2. The quantitative estimate of drug-likeness (QED) is 0.702. The number of morpholine rings is 1. The van der Waals surface area contributed by atoms with Gasteiger partial charge in [-0.2, -0.15) is 0 Å². The molecule has 0 aromatic heterocycles. The van der Waals surface area contributed by atoms with E-state index in [-0.39, 0.29) is 18.6 Å². The van der Waals surface area contributed by atoms with E-state index in [1.54, 1.807) is 24.3 Å². The Kier molecular flexibility index (Phi) is 7.63. The zero-order valence-electron chi connectivity index (χ0n) is 16.4. The van der Waals surface area contributed by atoms with E-state index in [0.717, 1.165) is 44.0 Å². The normalized spacial score (nSPS) is 15.5. The van der Waals surface area contributed by atoms with Crippen LogP contribution >= 0.6 is 11.6 Å². The van der Waals surface area contributed by atoms with E-state index >= 15 is 0 Å². The summed E-state index contributed by atoms with van der Waals surface area (Å²) >= 11 is 5.87. The van der Waals surface area contributed by atoms with E-state index in [9.17, 15) is 9.59 Å². The van der Waals surface area contributed by atoms with Crippen molar-refractivity contribution in [2.75, 3.05) is 32.9 Å².